The maximum Gasteiger partial charge on any atom is 0.124 e. The fourth-order valence-corrected chi connectivity index (χ4v) is 4.07. The van der Waals surface area contributed by atoms with Crippen molar-refractivity contribution in [3.8, 4) is 5.75 Å². The molecule has 0 saturated heterocycles. The van der Waals surface area contributed by atoms with Gasteiger partial charge in [0.15, 0.2) is 0 Å². The molecular weight excluding hydrogens is 320 g/mol. The molecule has 2 aromatic rings. The zero-order valence-electron chi connectivity index (χ0n) is 12.0. The van der Waals surface area contributed by atoms with Crippen LogP contribution in [0.4, 0.5) is 0 Å². The highest BCUT2D eigenvalue weighted by atomic mass is 79.9. The van der Waals surface area contributed by atoms with Gasteiger partial charge in [-0.05, 0) is 56.0 Å². The molecule has 0 spiro atoms. The summed E-state index contributed by atoms with van der Waals surface area (Å²) in [6, 6.07) is 6.68. The summed E-state index contributed by atoms with van der Waals surface area (Å²) in [5.74, 6) is 0.988. The van der Waals surface area contributed by atoms with Gasteiger partial charge in [0.2, 0.25) is 0 Å². The van der Waals surface area contributed by atoms with Crippen molar-refractivity contribution in [2.45, 2.75) is 32.5 Å². The lowest BCUT2D eigenvalue weighted by atomic mass is 10.0. The minimum Gasteiger partial charge on any atom is -0.496 e. The molecule has 0 saturated carbocycles. The van der Waals surface area contributed by atoms with E-state index < -0.39 is 0 Å². The third kappa shape index (κ3) is 2.87. The van der Waals surface area contributed by atoms with Crippen molar-refractivity contribution in [3.63, 3.8) is 0 Å². The van der Waals surface area contributed by atoms with Crippen molar-refractivity contribution in [1.29, 1.82) is 0 Å². The summed E-state index contributed by atoms with van der Waals surface area (Å²) in [5.41, 5.74) is 5.03. The van der Waals surface area contributed by atoms with Gasteiger partial charge in [-0.15, -0.1) is 11.3 Å². The van der Waals surface area contributed by atoms with E-state index >= 15 is 0 Å². The second-order valence-corrected chi connectivity index (χ2v) is 7.14. The number of hydrogen-bond donors (Lipinski definition) is 0. The quantitative estimate of drug-likeness (QED) is 0.673. The molecule has 1 heterocycles. The smallest absolute Gasteiger partial charge is 0.124 e. The van der Waals surface area contributed by atoms with E-state index in [0.29, 0.717) is 0 Å². The second kappa shape index (κ2) is 5.68. The maximum atomic E-state index is 5.43. The molecule has 2 rings (SSSR count). The van der Waals surface area contributed by atoms with E-state index in [0.717, 1.165) is 5.75 Å². The van der Waals surface area contributed by atoms with E-state index in [9.17, 15) is 0 Å². The van der Waals surface area contributed by atoms with Gasteiger partial charge in [-0.3, -0.25) is 0 Å². The first kappa shape index (κ1) is 14.6. The molecule has 3 heteroatoms. The van der Waals surface area contributed by atoms with E-state index in [1.807, 2.05) is 11.3 Å². The van der Waals surface area contributed by atoms with Gasteiger partial charge < -0.3 is 4.74 Å². The van der Waals surface area contributed by atoms with Crippen LogP contribution in [0.3, 0.4) is 0 Å². The summed E-state index contributed by atoms with van der Waals surface area (Å²) >= 11 is 5.69. The Bertz CT molecular complexity index is 558. The molecule has 0 N–H and O–H groups in total. The second-order valence-electron chi connectivity index (χ2n) is 4.94. The molecule has 0 amide bonds. The lowest BCUT2D eigenvalue weighted by Crippen LogP contribution is -1.96. The molecule has 0 bridgehead atoms. The van der Waals surface area contributed by atoms with Crippen molar-refractivity contribution in [2.24, 2.45) is 0 Å². The van der Waals surface area contributed by atoms with Crippen molar-refractivity contribution in [1.82, 2.24) is 0 Å². The van der Waals surface area contributed by atoms with Crippen molar-refractivity contribution in [2.75, 3.05) is 7.11 Å². The molecule has 1 nitrogen and oxygen atoms in total. The molecule has 0 aliphatic carbocycles. The number of hydrogen-bond acceptors (Lipinski definition) is 2. The number of alkyl halides is 1. The summed E-state index contributed by atoms with van der Waals surface area (Å²) in [6.07, 6.45) is 0. The molecule has 0 fully saturated rings. The number of benzene rings is 1. The molecule has 1 unspecified atom stereocenters. The van der Waals surface area contributed by atoms with Gasteiger partial charge in [-0.25, -0.2) is 0 Å². The van der Waals surface area contributed by atoms with Crippen LogP contribution in [0.2, 0.25) is 0 Å². The van der Waals surface area contributed by atoms with E-state index in [1.165, 1.54) is 32.0 Å². The van der Waals surface area contributed by atoms with Crippen LogP contribution in [0.25, 0.3) is 0 Å². The first-order valence-electron chi connectivity index (χ1n) is 6.30. The van der Waals surface area contributed by atoms with Crippen LogP contribution in [0.15, 0.2) is 18.2 Å². The topological polar surface area (TPSA) is 9.23 Å². The molecule has 0 radical (unpaired) electrons. The van der Waals surface area contributed by atoms with E-state index in [4.69, 9.17) is 4.74 Å². The predicted molar refractivity (Wildman–Crippen MR) is 87.0 cm³/mol. The lowest BCUT2D eigenvalue weighted by molar-refractivity contribution is 0.408. The Morgan fingerprint density at radius 3 is 2.00 bits per heavy atom. The normalized spacial score (nSPS) is 12.5. The van der Waals surface area contributed by atoms with Gasteiger partial charge in [0.1, 0.15) is 5.75 Å². The Kier molecular flexibility index (Phi) is 4.36. The van der Waals surface area contributed by atoms with Crippen molar-refractivity contribution < 1.29 is 4.74 Å². The number of methoxy groups -OCH3 is 1. The van der Waals surface area contributed by atoms with E-state index in [2.05, 4.69) is 61.8 Å². The minimum atomic E-state index is 0.258. The Hall–Kier alpha value is -0.800. The SMILES string of the molecule is COc1c(C)cc(C(Br)c2cc(C)c(C)s2)cc1C. The lowest BCUT2D eigenvalue weighted by Gasteiger charge is -2.14. The van der Waals surface area contributed by atoms with Crippen molar-refractivity contribution >= 4 is 27.3 Å². The zero-order chi connectivity index (χ0) is 14.2. The highest BCUT2D eigenvalue weighted by Gasteiger charge is 2.16. The fraction of sp³-hybridized carbons (Fsp3) is 0.375. The molecule has 19 heavy (non-hydrogen) atoms. The van der Waals surface area contributed by atoms with Gasteiger partial charge >= 0.3 is 0 Å². The maximum absolute atomic E-state index is 5.43. The summed E-state index contributed by atoms with van der Waals surface area (Å²) in [5, 5.41) is 0. The van der Waals surface area contributed by atoms with E-state index in [-0.39, 0.29) is 4.83 Å². The van der Waals surface area contributed by atoms with Crippen LogP contribution in [0, 0.1) is 27.7 Å². The first-order chi connectivity index (χ1) is 8.93. The van der Waals surface area contributed by atoms with Crippen LogP contribution in [-0.2, 0) is 0 Å². The monoisotopic (exact) mass is 338 g/mol. The number of aryl methyl sites for hydroxylation is 4. The van der Waals surface area contributed by atoms with Gasteiger partial charge in [0, 0.05) is 9.75 Å². The molecule has 1 atom stereocenters. The Morgan fingerprint density at radius 2 is 1.58 bits per heavy atom. The predicted octanol–water partition coefficient (Wildman–Crippen LogP) is 5.47. The zero-order valence-corrected chi connectivity index (χ0v) is 14.4. The minimum absolute atomic E-state index is 0.258. The summed E-state index contributed by atoms with van der Waals surface area (Å²) in [6.45, 7) is 8.53. The third-order valence-electron chi connectivity index (χ3n) is 3.41. The number of thiophene rings is 1. The van der Waals surface area contributed by atoms with Crippen LogP contribution in [0.5, 0.6) is 5.75 Å². The van der Waals surface area contributed by atoms with Gasteiger partial charge in [-0.2, -0.15) is 0 Å². The molecule has 1 aromatic heterocycles. The van der Waals surface area contributed by atoms with Gasteiger partial charge in [0.05, 0.1) is 11.9 Å². The van der Waals surface area contributed by atoms with Crippen LogP contribution in [0.1, 0.15) is 36.8 Å². The number of halogens is 1. The Labute approximate surface area is 127 Å². The van der Waals surface area contributed by atoms with Crippen LogP contribution < -0.4 is 4.74 Å². The van der Waals surface area contributed by atoms with Gasteiger partial charge in [-0.1, -0.05) is 28.1 Å². The van der Waals surface area contributed by atoms with Crippen LogP contribution in [-0.4, -0.2) is 7.11 Å². The largest absolute Gasteiger partial charge is 0.496 e. The summed E-state index contributed by atoms with van der Waals surface area (Å²) in [4.78, 5) is 3.01. The van der Waals surface area contributed by atoms with E-state index in [1.54, 1.807) is 7.11 Å². The molecule has 102 valence electrons. The van der Waals surface area contributed by atoms with Crippen molar-refractivity contribution in [3.05, 3.63) is 50.2 Å². The standard InChI is InChI=1S/C16H19BrOS/c1-9-8-14(19-12(9)4)15(17)13-6-10(2)16(18-5)11(3)7-13/h6-8,15H,1-5H3. The number of rotatable bonds is 3. The van der Waals surface area contributed by atoms with Crippen LogP contribution >= 0.6 is 27.3 Å². The average molecular weight is 339 g/mol. The first-order valence-corrected chi connectivity index (χ1v) is 8.03. The average Bonchev–Trinajstić information content (AvgIpc) is 2.68. The highest BCUT2D eigenvalue weighted by Crippen LogP contribution is 2.39. The summed E-state index contributed by atoms with van der Waals surface area (Å²) in [7, 11) is 1.73. The third-order valence-corrected chi connectivity index (χ3v) is 5.96. The molecule has 0 aliphatic rings. The molecule has 1 aromatic carbocycles. The Morgan fingerprint density at radius 1 is 1.00 bits per heavy atom. The fourth-order valence-electron chi connectivity index (χ4n) is 2.34. The summed E-state index contributed by atoms with van der Waals surface area (Å²) < 4.78 is 5.43. The number of ether oxygens (including phenoxy) is 1. The highest BCUT2D eigenvalue weighted by molar-refractivity contribution is 9.09. The molecular formula is C16H19BrOS. The Balaban J connectivity index is 2.41. The molecule has 0 aliphatic heterocycles. The van der Waals surface area contributed by atoms with Gasteiger partial charge in [0.25, 0.3) is 0 Å².